The molecule has 1 unspecified atom stereocenters. The third-order valence-corrected chi connectivity index (χ3v) is 7.04. The van der Waals surface area contributed by atoms with E-state index in [-0.39, 0.29) is 29.7 Å². The maximum absolute atomic E-state index is 13.1. The fourth-order valence-electron chi connectivity index (χ4n) is 4.75. The van der Waals surface area contributed by atoms with Gasteiger partial charge in [0.15, 0.2) is 0 Å². The number of carbonyl (C=O) groups excluding carboxylic acids is 3. The number of likely N-dealkylation sites (tertiary alicyclic amines) is 3. The maximum atomic E-state index is 13.1. The number of nitrogens with zero attached hydrogens (tertiary/aromatic N) is 4. The predicted molar refractivity (Wildman–Crippen MR) is 120 cm³/mol. The summed E-state index contributed by atoms with van der Waals surface area (Å²) >= 11 is 3.33. The highest BCUT2D eigenvalue weighted by atomic mass is 79.9. The van der Waals surface area contributed by atoms with Gasteiger partial charge < -0.3 is 20.0 Å². The van der Waals surface area contributed by atoms with Gasteiger partial charge in [0, 0.05) is 55.9 Å². The van der Waals surface area contributed by atoms with Gasteiger partial charge in [0.25, 0.3) is 0 Å². The van der Waals surface area contributed by atoms with E-state index in [0.717, 1.165) is 43.2 Å². The van der Waals surface area contributed by atoms with Crippen LogP contribution >= 0.6 is 15.9 Å². The molecule has 168 valence electrons. The Bertz CT molecular complexity index is 804. The van der Waals surface area contributed by atoms with Crippen molar-refractivity contribution >= 4 is 39.6 Å². The quantitative estimate of drug-likeness (QED) is 0.703. The Morgan fingerprint density at radius 3 is 2.23 bits per heavy atom. The normalized spacial score (nSPS) is 22.5. The number of anilines is 1. The number of pyridine rings is 1. The molecule has 0 saturated carbocycles. The first-order valence-corrected chi connectivity index (χ1v) is 12.1. The molecule has 3 aliphatic heterocycles. The zero-order chi connectivity index (χ0) is 21.8. The van der Waals surface area contributed by atoms with Gasteiger partial charge in [0.05, 0.1) is 5.92 Å². The van der Waals surface area contributed by atoms with E-state index < -0.39 is 0 Å². The van der Waals surface area contributed by atoms with E-state index in [1.807, 2.05) is 20.8 Å². The lowest BCUT2D eigenvalue weighted by atomic mass is 9.92. The van der Waals surface area contributed by atoms with Gasteiger partial charge in [0.2, 0.25) is 11.8 Å². The Morgan fingerprint density at radius 1 is 0.871 bits per heavy atom. The first-order valence-electron chi connectivity index (χ1n) is 11.3. The van der Waals surface area contributed by atoms with E-state index in [4.69, 9.17) is 0 Å². The van der Waals surface area contributed by atoms with Crippen LogP contribution in [0.4, 0.5) is 10.6 Å². The number of hydrogen-bond donors (Lipinski definition) is 1. The second-order valence-electron chi connectivity index (χ2n) is 8.71. The molecule has 3 aliphatic rings. The number of nitrogens with one attached hydrogen (secondary N) is 1. The van der Waals surface area contributed by atoms with Crippen molar-refractivity contribution < 1.29 is 14.4 Å². The maximum Gasteiger partial charge on any atom is 0.319 e. The Morgan fingerprint density at radius 2 is 1.55 bits per heavy atom. The van der Waals surface area contributed by atoms with Crippen molar-refractivity contribution in [3.63, 3.8) is 0 Å². The molecule has 1 aromatic rings. The number of piperidine rings is 2. The lowest BCUT2D eigenvalue weighted by Crippen LogP contribution is -2.50. The minimum Gasteiger partial charge on any atom is -0.342 e. The van der Waals surface area contributed by atoms with Gasteiger partial charge in [-0.15, -0.1) is 0 Å². The SMILES string of the molecule is O=C(Nc1ccc(Br)cn1)C1CCCN(C(=O)C2CCN(C(=O)N3CCCC3)CC2)C1. The molecule has 3 fully saturated rings. The number of urea groups is 1. The topological polar surface area (TPSA) is 85.9 Å². The third kappa shape index (κ3) is 5.37. The zero-order valence-electron chi connectivity index (χ0n) is 17.8. The highest BCUT2D eigenvalue weighted by Crippen LogP contribution is 2.25. The van der Waals surface area contributed by atoms with Gasteiger partial charge in [-0.05, 0) is 66.6 Å². The molecule has 4 rings (SSSR count). The van der Waals surface area contributed by atoms with Crippen LogP contribution in [0.25, 0.3) is 0 Å². The Labute approximate surface area is 191 Å². The molecule has 1 atom stereocenters. The van der Waals surface area contributed by atoms with Crippen LogP contribution in [0, 0.1) is 11.8 Å². The molecule has 1 N–H and O–H groups in total. The molecule has 0 radical (unpaired) electrons. The summed E-state index contributed by atoms with van der Waals surface area (Å²) < 4.78 is 0.855. The number of rotatable bonds is 3. The number of aromatic nitrogens is 1. The summed E-state index contributed by atoms with van der Waals surface area (Å²) in [6.07, 6.45) is 6.82. The summed E-state index contributed by atoms with van der Waals surface area (Å²) in [4.78, 5) is 48.2. The van der Waals surface area contributed by atoms with E-state index in [9.17, 15) is 14.4 Å². The van der Waals surface area contributed by atoms with Crippen LogP contribution in [0.2, 0.25) is 0 Å². The lowest BCUT2D eigenvalue weighted by molar-refractivity contribution is -0.139. The van der Waals surface area contributed by atoms with Crippen molar-refractivity contribution in [2.24, 2.45) is 11.8 Å². The molecule has 1 aromatic heterocycles. The lowest BCUT2D eigenvalue weighted by Gasteiger charge is -2.38. The summed E-state index contributed by atoms with van der Waals surface area (Å²) in [5.41, 5.74) is 0. The minimum atomic E-state index is -0.222. The molecule has 0 aliphatic carbocycles. The van der Waals surface area contributed by atoms with Crippen molar-refractivity contribution in [1.29, 1.82) is 0 Å². The molecule has 8 nitrogen and oxygen atoms in total. The summed E-state index contributed by atoms with van der Waals surface area (Å²) in [5.74, 6) is 0.287. The molecule has 0 bridgehead atoms. The summed E-state index contributed by atoms with van der Waals surface area (Å²) in [5, 5.41) is 2.87. The van der Waals surface area contributed by atoms with Gasteiger partial charge in [-0.3, -0.25) is 9.59 Å². The second kappa shape index (κ2) is 9.97. The third-order valence-electron chi connectivity index (χ3n) is 6.57. The minimum absolute atomic E-state index is 0.0578. The summed E-state index contributed by atoms with van der Waals surface area (Å²) in [7, 11) is 0. The van der Waals surface area contributed by atoms with Gasteiger partial charge >= 0.3 is 6.03 Å². The summed E-state index contributed by atoms with van der Waals surface area (Å²) in [6, 6.07) is 3.71. The molecule has 9 heteroatoms. The smallest absolute Gasteiger partial charge is 0.319 e. The molecule has 0 aromatic carbocycles. The monoisotopic (exact) mass is 491 g/mol. The molecule has 3 saturated heterocycles. The van der Waals surface area contributed by atoms with Gasteiger partial charge in [0.1, 0.15) is 5.82 Å². The van der Waals surface area contributed by atoms with Crippen molar-refractivity contribution in [2.75, 3.05) is 44.6 Å². The fraction of sp³-hybridized carbons (Fsp3) is 0.636. The molecular formula is C22H30BrN5O3. The Hall–Kier alpha value is -2.16. The fourth-order valence-corrected chi connectivity index (χ4v) is 4.99. The Balaban J connectivity index is 1.27. The van der Waals surface area contributed by atoms with E-state index in [0.29, 0.717) is 44.8 Å². The van der Waals surface area contributed by atoms with E-state index in [2.05, 4.69) is 26.2 Å². The van der Waals surface area contributed by atoms with Gasteiger partial charge in [-0.1, -0.05) is 0 Å². The van der Waals surface area contributed by atoms with Crippen LogP contribution < -0.4 is 5.32 Å². The highest BCUT2D eigenvalue weighted by Gasteiger charge is 2.35. The van der Waals surface area contributed by atoms with Crippen LogP contribution in [0.1, 0.15) is 38.5 Å². The van der Waals surface area contributed by atoms with Gasteiger partial charge in [-0.2, -0.15) is 0 Å². The molecular weight excluding hydrogens is 462 g/mol. The number of hydrogen-bond acceptors (Lipinski definition) is 4. The number of carbonyl (C=O) groups is 3. The van der Waals surface area contributed by atoms with Crippen LogP contribution in [-0.2, 0) is 9.59 Å². The highest BCUT2D eigenvalue weighted by molar-refractivity contribution is 9.10. The van der Waals surface area contributed by atoms with Crippen molar-refractivity contribution in [2.45, 2.75) is 38.5 Å². The first kappa shape index (κ1) is 22.0. The van der Waals surface area contributed by atoms with Crippen molar-refractivity contribution in [3.8, 4) is 0 Å². The molecule has 31 heavy (non-hydrogen) atoms. The Kier molecular flexibility index (Phi) is 7.09. The zero-order valence-corrected chi connectivity index (χ0v) is 19.3. The van der Waals surface area contributed by atoms with Crippen molar-refractivity contribution in [1.82, 2.24) is 19.7 Å². The van der Waals surface area contributed by atoms with Crippen LogP contribution in [-0.4, -0.2) is 76.8 Å². The van der Waals surface area contributed by atoms with E-state index >= 15 is 0 Å². The molecule has 4 heterocycles. The summed E-state index contributed by atoms with van der Waals surface area (Å²) in [6.45, 7) is 4.13. The van der Waals surface area contributed by atoms with Crippen LogP contribution in [0.15, 0.2) is 22.8 Å². The standard InChI is InChI=1S/C22H30BrN5O3/c23-18-5-6-19(24-14-18)25-20(29)17-4-3-11-28(15-17)21(30)16-7-12-27(13-8-16)22(31)26-9-1-2-10-26/h5-6,14,16-17H,1-4,7-13,15H2,(H,24,25,29). The number of amides is 4. The van der Waals surface area contributed by atoms with Gasteiger partial charge in [-0.25, -0.2) is 9.78 Å². The average Bonchev–Trinajstić information content (AvgIpc) is 3.35. The molecule has 4 amide bonds. The van der Waals surface area contributed by atoms with Crippen LogP contribution in [0.3, 0.4) is 0 Å². The first-order chi connectivity index (χ1) is 15.0. The van der Waals surface area contributed by atoms with Crippen molar-refractivity contribution in [3.05, 3.63) is 22.8 Å². The number of halogens is 1. The second-order valence-corrected chi connectivity index (χ2v) is 9.63. The predicted octanol–water partition coefficient (Wildman–Crippen LogP) is 2.95. The van der Waals surface area contributed by atoms with E-state index in [1.165, 1.54) is 0 Å². The van der Waals surface area contributed by atoms with Crippen LogP contribution in [0.5, 0.6) is 0 Å². The molecule has 0 spiro atoms. The largest absolute Gasteiger partial charge is 0.342 e. The van der Waals surface area contributed by atoms with E-state index in [1.54, 1.807) is 12.3 Å². The average molecular weight is 492 g/mol.